The number of aromatic nitrogens is 1. The van der Waals surface area contributed by atoms with Gasteiger partial charge in [-0.25, -0.2) is 9.78 Å². The summed E-state index contributed by atoms with van der Waals surface area (Å²) in [7, 11) is 0. The van der Waals surface area contributed by atoms with Crippen molar-refractivity contribution >= 4 is 11.8 Å². The van der Waals surface area contributed by atoms with E-state index >= 15 is 0 Å². The van der Waals surface area contributed by atoms with Gasteiger partial charge in [0.25, 0.3) is 0 Å². The lowest BCUT2D eigenvalue weighted by atomic mass is 10.1. The molecule has 0 atom stereocenters. The first kappa shape index (κ1) is 14.1. The van der Waals surface area contributed by atoms with E-state index in [4.69, 9.17) is 10.00 Å². The van der Waals surface area contributed by atoms with Gasteiger partial charge in [0, 0.05) is 31.0 Å². The number of carbonyl (C=O) groups excluding carboxylic acids is 1. The van der Waals surface area contributed by atoms with Gasteiger partial charge in [-0.2, -0.15) is 5.26 Å². The molecule has 1 aromatic heterocycles. The van der Waals surface area contributed by atoms with Crippen molar-refractivity contribution in [3.8, 4) is 6.07 Å². The summed E-state index contributed by atoms with van der Waals surface area (Å²) in [6.45, 7) is 3.59. The molecule has 1 aliphatic heterocycles. The van der Waals surface area contributed by atoms with Crippen molar-refractivity contribution in [2.45, 2.75) is 25.8 Å². The highest BCUT2D eigenvalue weighted by Crippen LogP contribution is 2.17. The van der Waals surface area contributed by atoms with Crippen LogP contribution in [-0.4, -0.2) is 41.7 Å². The molecule has 0 unspecified atom stereocenters. The van der Waals surface area contributed by atoms with E-state index in [2.05, 4.69) is 10.3 Å². The molecule has 1 fully saturated rings. The quantitative estimate of drug-likeness (QED) is 0.911. The number of pyridine rings is 1. The van der Waals surface area contributed by atoms with E-state index in [0.717, 1.165) is 18.5 Å². The smallest absolute Gasteiger partial charge is 0.409 e. The summed E-state index contributed by atoms with van der Waals surface area (Å²) < 4.78 is 4.99. The minimum atomic E-state index is -0.235. The van der Waals surface area contributed by atoms with Crippen LogP contribution in [0, 0.1) is 11.3 Å². The Hall–Kier alpha value is -2.29. The average molecular weight is 274 g/mol. The molecule has 2 rings (SSSR count). The van der Waals surface area contributed by atoms with Crippen LogP contribution in [0.4, 0.5) is 10.5 Å². The van der Waals surface area contributed by atoms with E-state index in [1.165, 1.54) is 0 Å². The van der Waals surface area contributed by atoms with Crippen molar-refractivity contribution in [3.05, 3.63) is 24.0 Å². The number of piperidine rings is 1. The average Bonchev–Trinajstić information content (AvgIpc) is 2.48. The molecule has 0 aliphatic carbocycles. The van der Waals surface area contributed by atoms with Crippen molar-refractivity contribution < 1.29 is 9.53 Å². The molecule has 1 N–H and O–H groups in total. The summed E-state index contributed by atoms with van der Waals surface area (Å²) in [5.74, 6) is 0. The topological polar surface area (TPSA) is 78.2 Å². The highest BCUT2D eigenvalue weighted by atomic mass is 16.6. The van der Waals surface area contributed by atoms with Gasteiger partial charge in [0.1, 0.15) is 11.8 Å². The number of hydrogen-bond donors (Lipinski definition) is 1. The number of nitriles is 1. The summed E-state index contributed by atoms with van der Waals surface area (Å²) in [5, 5.41) is 12.2. The highest BCUT2D eigenvalue weighted by molar-refractivity contribution is 5.67. The van der Waals surface area contributed by atoms with Gasteiger partial charge in [-0.3, -0.25) is 0 Å². The number of hydrogen-bond acceptors (Lipinski definition) is 5. The fourth-order valence-corrected chi connectivity index (χ4v) is 2.24. The second-order valence-electron chi connectivity index (χ2n) is 4.65. The first-order chi connectivity index (χ1) is 9.72. The Morgan fingerprint density at radius 3 is 3.00 bits per heavy atom. The predicted octanol–water partition coefficient (Wildman–Crippen LogP) is 1.99. The molecule has 20 heavy (non-hydrogen) atoms. The van der Waals surface area contributed by atoms with Gasteiger partial charge in [-0.1, -0.05) is 0 Å². The van der Waals surface area contributed by atoms with E-state index in [-0.39, 0.29) is 6.09 Å². The Bertz CT molecular complexity index is 504. The number of nitrogens with zero attached hydrogens (tertiary/aromatic N) is 3. The SMILES string of the molecule is CCOC(=O)N1CCC(Nc2ccnc(C#N)c2)CC1. The number of amides is 1. The number of rotatable bonds is 3. The van der Waals surface area contributed by atoms with Gasteiger partial charge in [-0.05, 0) is 31.9 Å². The third-order valence-corrected chi connectivity index (χ3v) is 3.27. The van der Waals surface area contributed by atoms with Crippen molar-refractivity contribution in [3.63, 3.8) is 0 Å². The maximum Gasteiger partial charge on any atom is 0.409 e. The van der Waals surface area contributed by atoms with E-state index in [1.807, 2.05) is 19.1 Å². The Morgan fingerprint density at radius 1 is 1.60 bits per heavy atom. The Balaban J connectivity index is 1.85. The summed E-state index contributed by atoms with van der Waals surface area (Å²) in [4.78, 5) is 17.3. The van der Waals surface area contributed by atoms with Gasteiger partial charge >= 0.3 is 6.09 Å². The van der Waals surface area contributed by atoms with Gasteiger partial charge in [-0.15, -0.1) is 0 Å². The summed E-state index contributed by atoms with van der Waals surface area (Å²) in [5.41, 5.74) is 1.30. The van der Waals surface area contributed by atoms with Crippen LogP contribution in [0.2, 0.25) is 0 Å². The Kier molecular flexibility index (Phi) is 4.77. The lowest BCUT2D eigenvalue weighted by Crippen LogP contribution is -2.42. The predicted molar refractivity (Wildman–Crippen MR) is 74.2 cm³/mol. The lowest BCUT2D eigenvalue weighted by Gasteiger charge is -2.32. The zero-order valence-corrected chi connectivity index (χ0v) is 11.5. The molecule has 106 valence electrons. The van der Waals surface area contributed by atoms with E-state index < -0.39 is 0 Å². The van der Waals surface area contributed by atoms with Crippen molar-refractivity contribution in [2.24, 2.45) is 0 Å². The largest absolute Gasteiger partial charge is 0.450 e. The van der Waals surface area contributed by atoms with Crippen LogP contribution < -0.4 is 5.32 Å². The molecular formula is C14H18N4O2. The van der Waals surface area contributed by atoms with Crippen LogP contribution in [-0.2, 0) is 4.74 Å². The molecule has 1 amide bonds. The number of anilines is 1. The van der Waals surface area contributed by atoms with Crippen LogP contribution in [0.5, 0.6) is 0 Å². The summed E-state index contributed by atoms with van der Waals surface area (Å²) >= 11 is 0. The second-order valence-corrected chi connectivity index (χ2v) is 4.65. The third kappa shape index (κ3) is 3.60. The number of nitrogens with one attached hydrogen (secondary N) is 1. The molecule has 0 bridgehead atoms. The Morgan fingerprint density at radius 2 is 2.35 bits per heavy atom. The molecule has 6 nitrogen and oxygen atoms in total. The van der Waals surface area contributed by atoms with Crippen LogP contribution in [0.15, 0.2) is 18.3 Å². The van der Waals surface area contributed by atoms with Crippen LogP contribution in [0.3, 0.4) is 0 Å². The molecule has 1 saturated heterocycles. The fourth-order valence-electron chi connectivity index (χ4n) is 2.24. The molecule has 0 aromatic carbocycles. The zero-order chi connectivity index (χ0) is 14.4. The lowest BCUT2D eigenvalue weighted by molar-refractivity contribution is 0.0983. The minimum Gasteiger partial charge on any atom is -0.450 e. The van der Waals surface area contributed by atoms with Gasteiger partial charge in [0.2, 0.25) is 0 Å². The van der Waals surface area contributed by atoms with Gasteiger partial charge < -0.3 is 15.0 Å². The van der Waals surface area contributed by atoms with Crippen LogP contribution >= 0.6 is 0 Å². The third-order valence-electron chi connectivity index (χ3n) is 3.27. The van der Waals surface area contributed by atoms with E-state index in [0.29, 0.717) is 31.4 Å². The molecule has 1 aliphatic rings. The minimum absolute atomic E-state index is 0.235. The normalized spacial score (nSPS) is 15.5. The fraction of sp³-hybridized carbons (Fsp3) is 0.500. The van der Waals surface area contributed by atoms with E-state index in [1.54, 1.807) is 17.2 Å². The van der Waals surface area contributed by atoms with Crippen molar-refractivity contribution in [1.29, 1.82) is 5.26 Å². The first-order valence-corrected chi connectivity index (χ1v) is 6.77. The number of likely N-dealkylation sites (tertiary alicyclic amines) is 1. The molecule has 0 saturated carbocycles. The molecule has 6 heteroatoms. The molecule has 2 heterocycles. The highest BCUT2D eigenvalue weighted by Gasteiger charge is 2.23. The molecule has 0 spiro atoms. The monoisotopic (exact) mass is 274 g/mol. The number of ether oxygens (including phenoxy) is 1. The summed E-state index contributed by atoms with van der Waals surface area (Å²) in [6.07, 6.45) is 3.11. The zero-order valence-electron chi connectivity index (χ0n) is 11.5. The maximum atomic E-state index is 11.6. The summed E-state index contributed by atoms with van der Waals surface area (Å²) in [6, 6.07) is 5.90. The first-order valence-electron chi connectivity index (χ1n) is 6.77. The number of carbonyl (C=O) groups is 1. The second kappa shape index (κ2) is 6.75. The molecular weight excluding hydrogens is 256 g/mol. The molecule has 1 aromatic rings. The Labute approximate surface area is 118 Å². The van der Waals surface area contributed by atoms with Crippen molar-refractivity contribution in [2.75, 3.05) is 25.0 Å². The standard InChI is InChI=1S/C14H18N4O2/c1-2-20-14(19)18-7-4-11(5-8-18)17-12-3-6-16-13(9-12)10-15/h3,6,9,11H,2,4-5,7-8H2,1H3,(H,16,17). The van der Waals surface area contributed by atoms with Crippen molar-refractivity contribution in [1.82, 2.24) is 9.88 Å². The maximum absolute atomic E-state index is 11.6. The van der Waals surface area contributed by atoms with Crippen LogP contribution in [0.25, 0.3) is 0 Å². The van der Waals surface area contributed by atoms with Crippen LogP contribution in [0.1, 0.15) is 25.5 Å². The van der Waals surface area contributed by atoms with Gasteiger partial charge in [0.05, 0.1) is 6.61 Å². The van der Waals surface area contributed by atoms with E-state index in [9.17, 15) is 4.79 Å². The van der Waals surface area contributed by atoms with Gasteiger partial charge in [0.15, 0.2) is 0 Å². The molecule has 0 radical (unpaired) electrons.